The quantitative estimate of drug-likeness (QED) is 0.375. The predicted molar refractivity (Wildman–Crippen MR) is 72.0 cm³/mol. The minimum Gasteiger partial charge on any atom is -0.464 e. The van der Waals surface area contributed by atoms with E-state index in [-0.39, 0.29) is 0 Å². The lowest BCUT2D eigenvalue weighted by Crippen LogP contribution is -2.58. The van der Waals surface area contributed by atoms with Crippen LogP contribution in [0.15, 0.2) is 24.3 Å². The third-order valence-corrected chi connectivity index (χ3v) is 3.53. The predicted octanol–water partition coefficient (Wildman–Crippen LogP) is -0.615. The molecule has 5 N–H and O–H groups in total. The van der Waals surface area contributed by atoms with Gasteiger partial charge in [-0.2, -0.15) is 12.6 Å². The van der Waals surface area contributed by atoms with Crippen LogP contribution in [0.3, 0.4) is 0 Å². The van der Waals surface area contributed by atoms with Crippen LogP contribution in [0.5, 0.6) is 5.75 Å². The maximum Gasteiger partial charge on any atom is 0.214 e. The Balaban J connectivity index is 2.08. The van der Waals surface area contributed by atoms with Crippen molar-refractivity contribution in [3.05, 3.63) is 24.3 Å². The number of hydrogen-bond donors (Lipinski definition) is 5. The van der Waals surface area contributed by atoms with Crippen molar-refractivity contribution in [3.8, 4) is 5.75 Å². The zero-order valence-corrected chi connectivity index (χ0v) is 11.0. The number of ether oxygens (including phenoxy) is 2. The van der Waals surface area contributed by atoms with Crippen LogP contribution >= 0.6 is 12.6 Å². The standard InChI is InChI=1S/C12H17NO5S/c13-6-1-3-7(4-2-6)17-12-11(19)10(16)9(15)8(5-14)18-12/h1-4,8-12,14-16,19H,5,13H2/t8-,9-,10+,11-,12?/m1/s1. The molecule has 5 atom stereocenters. The van der Waals surface area contributed by atoms with Crippen LogP contribution in [-0.4, -0.2) is 51.8 Å². The molecular weight excluding hydrogens is 270 g/mol. The Morgan fingerprint density at radius 3 is 2.42 bits per heavy atom. The summed E-state index contributed by atoms with van der Waals surface area (Å²) in [6.45, 7) is -0.416. The monoisotopic (exact) mass is 287 g/mol. The minimum absolute atomic E-state index is 0.416. The number of thiol groups is 1. The summed E-state index contributed by atoms with van der Waals surface area (Å²) in [5.74, 6) is 0.499. The first-order valence-corrected chi connectivity index (χ1v) is 6.37. The highest BCUT2D eigenvalue weighted by atomic mass is 32.1. The smallest absolute Gasteiger partial charge is 0.214 e. The molecule has 1 aromatic rings. The van der Waals surface area contributed by atoms with Gasteiger partial charge >= 0.3 is 0 Å². The highest BCUT2D eigenvalue weighted by Gasteiger charge is 2.43. The summed E-state index contributed by atoms with van der Waals surface area (Å²) in [6.07, 6.45) is -4.12. The highest BCUT2D eigenvalue weighted by molar-refractivity contribution is 7.81. The lowest BCUT2D eigenvalue weighted by atomic mass is 10.0. The fraction of sp³-hybridized carbons (Fsp3) is 0.500. The summed E-state index contributed by atoms with van der Waals surface area (Å²) >= 11 is 4.17. The van der Waals surface area contributed by atoms with E-state index >= 15 is 0 Å². The van der Waals surface area contributed by atoms with E-state index in [1.807, 2.05) is 0 Å². The molecule has 0 aromatic heterocycles. The second-order valence-corrected chi connectivity index (χ2v) is 4.98. The summed E-state index contributed by atoms with van der Waals surface area (Å²) in [7, 11) is 0. The second kappa shape index (κ2) is 5.98. The van der Waals surface area contributed by atoms with Gasteiger partial charge in [-0.3, -0.25) is 0 Å². The van der Waals surface area contributed by atoms with Gasteiger partial charge in [0.2, 0.25) is 6.29 Å². The third-order valence-electron chi connectivity index (χ3n) is 2.98. The molecule has 106 valence electrons. The van der Waals surface area contributed by atoms with Gasteiger partial charge < -0.3 is 30.5 Å². The molecule has 1 unspecified atom stereocenters. The van der Waals surface area contributed by atoms with E-state index in [1.165, 1.54) is 0 Å². The van der Waals surface area contributed by atoms with Crippen LogP contribution in [-0.2, 0) is 4.74 Å². The summed E-state index contributed by atoms with van der Waals surface area (Å²) in [5.41, 5.74) is 6.16. The average Bonchev–Trinajstić information content (AvgIpc) is 2.42. The SMILES string of the molecule is Nc1ccc(OC2O[C@H](CO)[C@@H](O)[C@H](O)[C@H]2S)cc1. The van der Waals surface area contributed by atoms with Crippen molar-refractivity contribution in [1.29, 1.82) is 0 Å². The molecule has 7 heteroatoms. The van der Waals surface area contributed by atoms with Crippen molar-refractivity contribution in [2.24, 2.45) is 0 Å². The maximum atomic E-state index is 9.82. The lowest BCUT2D eigenvalue weighted by Gasteiger charge is -2.40. The van der Waals surface area contributed by atoms with E-state index in [2.05, 4.69) is 12.6 Å². The maximum absolute atomic E-state index is 9.82. The van der Waals surface area contributed by atoms with Gasteiger partial charge in [0.1, 0.15) is 24.1 Å². The number of aliphatic hydroxyl groups is 3. The number of hydrogen-bond acceptors (Lipinski definition) is 7. The van der Waals surface area contributed by atoms with Crippen LogP contribution in [0.4, 0.5) is 5.69 Å². The molecular formula is C12H17NO5S. The molecule has 0 radical (unpaired) electrons. The van der Waals surface area contributed by atoms with Gasteiger partial charge in [0.15, 0.2) is 0 Å². The van der Waals surface area contributed by atoms with Crippen molar-refractivity contribution in [3.63, 3.8) is 0 Å². The Morgan fingerprint density at radius 1 is 1.21 bits per heavy atom. The van der Waals surface area contributed by atoms with E-state index in [9.17, 15) is 10.2 Å². The van der Waals surface area contributed by atoms with Crippen molar-refractivity contribution < 1.29 is 24.8 Å². The van der Waals surface area contributed by atoms with Crippen molar-refractivity contribution in [1.82, 2.24) is 0 Å². The zero-order chi connectivity index (χ0) is 14.0. The minimum atomic E-state index is -1.20. The molecule has 0 saturated carbocycles. The Bertz CT molecular complexity index is 413. The van der Waals surface area contributed by atoms with Crippen molar-refractivity contribution >= 4 is 18.3 Å². The van der Waals surface area contributed by atoms with Gasteiger partial charge in [-0.1, -0.05) is 0 Å². The largest absolute Gasteiger partial charge is 0.464 e. The van der Waals surface area contributed by atoms with Gasteiger partial charge in [0.25, 0.3) is 0 Å². The molecule has 0 amide bonds. The van der Waals surface area contributed by atoms with E-state index in [4.69, 9.17) is 20.3 Å². The highest BCUT2D eigenvalue weighted by Crippen LogP contribution is 2.27. The number of benzene rings is 1. The van der Waals surface area contributed by atoms with Gasteiger partial charge in [0.05, 0.1) is 11.9 Å². The Morgan fingerprint density at radius 2 is 1.84 bits per heavy atom. The van der Waals surface area contributed by atoms with Gasteiger partial charge in [-0.15, -0.1) is 0 Å². The van der Waals surface area contributed by atoms with Crippen LogP contribution in [0.1, 0.15) is 0 Å². The molecule has 2 rings (SSSR count). The Labute approximate surface area is 116 Å². The van der Waals surface area contributed by atoms with Crippen LogP contribution in [0, 0.1) is 0 Å². The molecule has 0 spiro atoms. The number of anilines is 1. The van der Waals surface area contributed by atoms with Gasteiger partial charge in [-0.25, -0.2) is 0 Å². The fourth-order valence-electron chi connectivity index (χ4n) is 1.85. The molecule has 1 heterocycles. The van der Waals surface area contributed by atoms with Gasteiger partial charge in [-0.05, 0) is 24.3 Å². The van der Waals surface area contributed by atoms with Gasteiger partial charge in [0, 0.05) is 5.69 Å². The van der Waals surface area contributed by atoms with E-state index in [0.717, 1.165) is 0 Å². The molecule has 0 bridgehead atoms. The molecule has 1 fully saturated rings. The molecule has 1 aliphatic rings. The van der Waals surface area contributed by atoms with Crippen molar-refractivity contribution in [2.45, 2.75) is 29.9 Å². The summed E-state index contributed by atoms with van der Waals surface area (Å²) in [4.78, 5) is 0. The Hall–Kier alpha value is -0.990. The average molecular weight is 287 g/mol. The van der Waals surface area contributed by atoms with E-state index in [0.29, 0.717) is 11.4 Å². The fourth-order valence-corrected chi connectivity index (χ4v) is 2.15. The normalized spacial score (nSPS) is 35.1. The molecule has 1 saturated heterocycles. The number of nitrogens with two attached hydrogens (primary N) is 1. The summed E-state index contributed by atoms with van der Waals surface area (Å²) < 4.78 is 10.9. The second-order valence-electron chi connectivity index (χ2n) is 4.38. The molecule has 1 aliphatic heterocycles. The zero-order valence-electron chi connectivity index (χ0n) is 10.1. The summed E-state index contributed by atoms with van der Waals surface area (Å²) in [6, 6.07) is 6.65. The van der Waals surface area contributed by atoms with Crippen molar-refractivity contribution in [2.75, 3.05) is 12.3 Å². The Kier molecular flexibility index (Phi) is 4.54. The third kappa shape index (κ3) is 3.13. The van der Waals surface area contributed by atoms with E-state index < -0.39 is 36.5 Å². The number of nitrogen functional groups attached to an aromatic ring is 1. The summed E-state index contributed by atoms with van der Waals surface area (Å²) in [5, 5.41) is 27.9. The topological polar surface area (TPSA) is 105 Å². The van der Waals surface area contributed by atoms with Crippen LogP contribution in [0.25, 0.3) is 0 Å². The number of aliphatic hydroxyl groups excluding tert-OH is 3. The lowest BCUT2D eigenvalue weighted by molar-refractivity contribution is -0.225. The van der Waals surface area contributed by atoms with Crippen LogP contribution < -0.4 is 10.5 Å². The molecule has 1 aromatic carbocycles. The molecule has 0 aliphatic carbocycles. The first kappa shape index (κ1) is 14.4. The molecule has 6 nitrogen and oxygen atoms in total. The first-order chi connectivity index (χ1) is 9.02. The van der Waals surface area contributed by atoms with E-state index in [1.54, 1.807) is 24.3 Å². The van der Waals surface area contributed by atoms with Crippen LogP contribution in [0.2, 0.25) is 0 Å². The first-order valence-electron chi connectivity index (χ1n) is 5.85. The molecule has 19 heavy (non-hydrogen) atoms. The number of rotatable bonds is 3.